The lowest BCUT2D eigenvalue weighted by Crippen LogP contribution is -2.36. The number of hydrogen-bond acceptors (Lipinski definition) is 4. The van der Waals surface area contributed by atoms with Gasteiger partial charge in [-0.25, -0.2) is 4.39 Å². The van der Waals surface area contributed by atoms with E-state index < -0.39 is 0 Å². The number of anilines is 1. The first-order chi connectivity index (χ1) is 13.6. The number of aromatic nitrogens is 1. The Morgan fingerprint density at radius 2 is 2.07 bits per heavy atom. The zero-order chi connectivity index (χ0) is 19.7. The summed E-state index contributed by atoms with van der Waals surface area (Å²) in [6, 6.07) is 10.0. The molecule has 2 aromatic rings. The van der Waals surface area contributed by atoms with Crippen LogP contribution in [0.5, 0.6) is 0 Å². The zero-order valence-electron chi connectivity index (χ0n) is 16.3. The molecule has 5 nitrogen and oxygen atoms in total. The van der Waals surface area contributed by atoms with E-state index in [2.05, 4.69) is 28.9 Å². The van der Waals surface area contributed by atoms with Crippen LogP contribution in [0.3, 0.4) is 0 Å². The van der Waals surface area contributed by atoms with Crippen LogP contribution < -0.4 is 4.90 Å². The van der Waals surface area contributed by atoms with Gasteiger partial charge >= 0.3 is 0 Å². The fourth-order valence-corrected chi connectivity index (χ4v) is 4.77. The average molecular weight is 383 g/mol. The Morgan fingerprint density at radius 1 is 1.25 bits per heavy atom. The molecule has 2 fully saturated rings. The van der Waals surface area contributed by atoms with Crippen LogP contribution in [-0.4, -0.2) is 49.1 Å². The lowest BCUT2D eigenvalue weighted by molar-refractivity contribution is -0.133. The molecule has 0 unspecified atom stereocenters. The maximum Gasteiger partial charge on any atom is 0.225 e. The summed E-state index contributed by atoms with van der Waals surface area (Å²) in [6.45, 7) is 4.71. The number of amides is 1. The van der Waals surface area contributed by atoms with Crippen LogP contribution in [0.4, 0.5) is 10.1 Å². The summed E-state index contributed by atoms with van der Waals surface area (Å²) >= 11 is 0. The molecule has 0 N–H and O–H groups in total. The van der Waals surface area contributed by atoms with Crippen LogP contribution in [0.25, 0.3) is 0 Å². The zero-order valence-corrected chi connectivity index (χ0v) is 16.3. The number of nitrogens with zero attached hydrogens (tertiary/aromatic N) is 3. The molecule has 3 atom stereocenters. The molecule has 0 saturated carbocycles. The van der Waals surface area contributed by atoms with E-state index in [0.717, 1.165) is 13.1 Å². The maximum atomic E-state index is 14.3. The maximum absolute atomic E-state index is 14.3. The fourth-order valence-electron chi connectivity index (χ4n) is 4.77. The molecule has 28 heavy (non-hydrogen) atoms. The second kappa shape index (κ2) is 7.87. The largest absolute Gasteiger partial charge is 0.384 e. The van der Waals surface area contributed by atoms with E-state index in [1.165, 1.54) is 17.3 Å². The highest BCUT2D eigenvalue weighted by Crippen LogP contribution is 2.47. The van der Waals surface area contributed by atoms with Crippen LogP contribution in [-0.2, 0) is 9.53 Å². The predicted molar refractivity (Wildman–Crippen MR) is 106 cm³/mol. The molecule has 0 spiro atoms. The number of benzene rings is 1. The molecule has 6 heteroatoms. The number of halogens is 1. The lowest BCUT2D eigenvalue weighted by Gasteiger charge is -2.31. The third-order valence-corrected chi connectivity index (χ3v) is 6.10. The van der Waals surface area contributed by atoms with Gasteiger partial charge in [-0.05, 0) is 24.1 Å². The Morgan fingerprint density at radius 3 is 2.82 bits per heavy atom. The highest BCUT2D eigenvalue weighted by molar-refractivity contribution is 5.77. The van der Waals surface area contributed by atoms with Gasteiger partial charge in [-0.15, -0.1) is 0 Å². The van der Waals surface area contributed by atoms with Crippen LogP contribution >= 0.6 is 0 Å². The molecule has 0 aliphatic carbocycles. The number of pyridine rings is 1. The van der Waals surface area contributed by atoms with Gasteiger partial charge in [-0.2, -0.15) is 0 Å². The van der Waals surface area contributed by atoms with Gasteiger partial charge < -0.3 is 14.5 Å². The lowest BCUT2D eigenvalue weighted by atomic mass is 9.87. The molecule has 2 saturated heterocycles. The number of carbonyl (C=O) groups is 1. The van der Waals surface area contributed by atoms with Gasteiger partial charge in [-0.1, -0.05) is 24.3 Å². The number of likely N-dealkylation sites (tertiary alicyclic amines) is 1. The molecule has 148 valence electrons. The van der Waals surface area contributed by atoms with Gasteiger partial charge in [0.1, 0.15) is 0 Å². The first kappa shape index (κ1) is 18.9. The standard InChI is InChI=1S/C22H26FN3O2/c1-15-5-3-4-6-17(15)22-18-14-25(20-7-9-24-11-19(20)23)12-16(18)13-26(22)21(27)8-10-28-2/h3-7,9,11,16,18,22H,8,10,12-14H2,1-2H3/t16-,18-,22+/m0/s1. The molecule has 1 amide bonds. The van der Waals surface area contributed by atoms with E-state index in [1.54, 1.807) is 19.4 Å². The first-order valence-corrected chi connectivity index (χ1v) is 9.78. The molecule has 0 radical (unpaired) electrons. The molecule has 0 bridgehead atoms. The molecule has 1 aromatic carbocycles. The minimum Gasteiger partial charge on any atom is -0.384 e. The topological polar surface area (TPSA) is 45.7 Å². The molecule has 1 aromatic heterocycles. The third-order valence-electron chi connectivity index (χ3n) is 6.10. The normalized spacial score (nSPS) is 23.9. The van der Waals surface area contributed by atoms with Crippen molar-refractivity contribution in [2.45, 2.75) is 19.4 Å². The number of rotatable bonds is 5. The first-order valence-electron chi connectivity index (χ1n) is 9.78. The van der Waals surface area contributed by atoms with Gasteiger partial charge in [0.2, 0.25) is 5.91 Å². The van der Waals surface area contributed by atoms with Crippen molar-refractivity contribution in [1.82, 2.24) is 9.88 Å². The summed E-state index contributed by atoms with van der Waals surface area (Å²) in [7, 11) is 1.62. The number of aryl methyl sites for hydroxylation is 1. The van der Waals surface area contributed by atoms with Crippen LogP contribution in [0.15, 0.2) is 42.7 Å². The Bertz CT molecular complexity index is 859. The predicted octanol–water partition coefficient (Wildman–Crippen LogP) is 3.20. The highest BCUT2D eigenvalue weighted by atomic mass is 19.1. The molecule has 2 aliphatic heterocycles. The second-order valence-electron chi connectivity index (χ2n) is 7.75. The Balaban J connectivity index is 1.63. The van der Waals surface area contributed by atoms with Gasteiger partial charge in [0.15, 0.2) is 5.82 Å². The van der Waals surface area contributed by atoms with E-state index in [0.29, 0.717) is 31.2 Å². The van der Waals surface area contributed by atoms with Crippen molar-refractivity contribution in [3.05, 3.63) is 59.7 Å². The Kier molecular flexibility index (Phi) is 5.31. The average Bonchev–Trinajstić information content (AvgIpc) is 3.25. The van der Waals surface area contributed by atoms with Crippen molar-refractivity contribution in [1.29, 1.82) is 0 Å². The van der Waals surface area contributed by atoms with Crippen LogP contribution in [0, 0.1) is 24.6 Å². The summed E-state index contributed by atoms with van der Waals surface area (Å²) in [5.74, 6) is 0.443. The van der Waals surface area contributed by atoms with Gasteiger partial charge in [-0.3, -0.25) is 9.78 Å². The van der Waals surface area contributed by atoms with E-state index in [9.17, 15) is 9.18 Å². The highest BCUT2D eigenvalue weighted by Gasteiger charge is 2.49. The smallest absolute Gasteiger partial charge is 0.225 e. The monoisotopic (exact) mass is 383 g/mol. The molecule has 2 aliphatic rings. The number of fused-ring (bicyclic) bond motifs is 1. The van der Waals surface area contributed by atoms with Gasteiger partial charge in [0.05, 0.1) is 31.0 Å². The fraction of sp³-hybridized carbons (Fsp3) is 0.455. The van der Waals surface area contributed by atoms with Crippen LogP contribution in [0.2, 0.25) is 0 Å². The SMILES string of the molecule is COCCC(=O)N1C[C@@H]2CN(c3ccncc3F)C[C@@H]2[C@H]1c1ccccc1C. The quantitative estimate of drug-likeness (QED) is 0.796. The molecule has 3 heterocycles. The third kappa shape index (κ3) is 3.37. The van der Waals surface area contributed by atoms with Gasteiger partial charge in [0.25, 0.3) is 0 Å². The Hall–Kier alpha value is -2.47. The van der Waals surface area contributed by atoms with Crippen molar-refractivity contribution >= 4 is 11.6 Å². The van der Waals surface area contributed by atoms with Crippen molar-refractivity contribution < 1.29 is 13.9 Å². The Labute approximate surface area is 165 Å². The number of hydrogen-bond donors (Lipinski definition) is 0. The summed E-state index contributed by atoms with van der Waals surface area (Å²) in [5.41, 5.74) is 2.98. The summed E-state index contributed by atoms with van der Waals surface area (Å²) in [4.78, 5) is 20.9. The summed E-state index contributed by atoms with van der Waals surface area (Å²) in [6.07, 6.45) is 3.29. The van der Waals surface area contributed by atoms with Gasteiger partial charge in [0, 0.05) is 44.8 Å². The molecular formula is C22H26FN3O2. The van der Waals surface area contributed by atoms with Crippen molar-refractivity contribution in [2.75, 3.05) is 38.3 Å². The van der Waals surface area contributed by atoms with Crippen molar-refractivity contribution in [3.8, 4) is 0 Å². The van der Waals surface area contributed by atoms with E-state index >= 15 is 0 Å². The minimum atomic E-state index is -0.289. The van der Waals surface area contributed by atoms with Crippen molar-refractivity contribution in [2.24, 2.45) is 11.8 Å². The summed E-state index contributed by atoms with van der Waals surface area (Å²) < 4.78 is 19.4. The second-order valence-corrected chi connectivity index (χ2v) is 7.75. The summed E-state index contributed by atoms with van der Waals surface area (Å²) in [5, 5.41) is 0. The van der Waals surface area contributed by atoms with E-state index in [1.807, 2.05) is 17.0 Å². The molecule has 4 rings (SSSR count). The minimum absolute atomic E-state index is 0.0189. The number of ether oxygens (including phenoxy) is 1. The van der Waals surface area contributed by atoms with Crippen LogP contribution in [0.1, 0.15) is 23.6 Å². The van der Waals surface area contributed by atoms with E-state index in [-0.39, 0.29) is 23.7 Å². The van der Waals surface area contributed by atoms with Crippen molar-refractivity contribution in [3.63, 3.8) is 0 Å². The number of methoxy groups -OCH3 is 1. The molecular weight excluding hydrogens is 357 g/mol. The van der Waals surface area contributed by atoms with E-state index in [4.69, 9.17) is 4.74 Å². The number of carbonyl (C=O) groups excluding carboxylic acids is 1.